The average molecular weight is 224 g/mol. The van der Waals surface area contributed by atoms with Crippen LogP contribution in [-0.4, -0.2) is 6.04 Å². The summed E-state index contributed by atoms with van der Waals surface area (Å²) in [5.74, 6) is 0.252. The highest BCUT2D eigenvalue weighted by Gasteiger charge is 2.03. The van der Waals surface area contributed by atoms with Gasteiger partial charge in [0, 0.05) is 11.8 Å². The number of benzene rings is 1. The van der Waals surface area contributed by atoms with Crippen molar-refractivity contribution < 1.29 is 4.39 Å². The van der Waals surface area contributed by atoms with E-state index < -0.39 is 0 Å². The topological polar surface area (TPSA) is 35.8 Å². The number of nitriles is 1. The number of nitrogens with zero attached hydrogens (tertiary/aromatic N) is 1. The van der Waals surface area contributed by atoms with Crippen LogP contribution in [0.2, 0.25) is 0 Å². The second-order valence-corrected chi connectivity index (χ2v) is 4.29. The molecule has 0 amide bonds. The lowest BCUT2D eigenvalue weighted by atomic mass is 10.1. The molecule has 1 aromatic carbocycles. The Morgan fingerprint density at radius 2 is 2.27 bits per heavy atom. The van der Waals surface area contributed by atoms with E-state index in [2.05, 4.69) is 4.72 Å². The summed E-state index contributed by atoms with van der Waals surface area (Å²) in [4.78, 5) is 0. The molecule has 4 heteroatoms. The molecule has 1 rings (SSSR count). The fourth-order valence-electron chi connectivity index (χ4n) is 1.02. The molecule has 0 radical (unpaired) electrons. The molecule has 0 saturated heterocycles. The molecule has 0 bridgehead atoms. The standard InChI is InChI=1S/C11H13FN2S/c1-8(2)14-15-7-10-4-3-9(6-13)5-11(10)12/h3-5,8,14H,7H2,1-2H3. The molecule has 0 heterocycles. The van der Waals surface area contributed by atoms with Gasteiger partial charge in [0.1, 0.15) is 5.82 Å². The smallest absolute Gasteiger partial charge is 0.128 e. The van der Waals surface area contributed by atoms with Crippen molar-refractivity contribution in [1.29, 1.82) is 5.26 Å². The predicted octanol–water partition coefficient (Wildman–Crippen LogP) is 2.84. The molecule has 1 N–H and O–H groups in total. The highest BCUT2D eigenvalue weighted by atomic mass is 32.2. The van der Waals surface area contributed by atoms with Crippen LogP contribution in [0.1, 0.15) is 25.0 Å². The molecule has 0 saturated carbocycles. The van der Waals surface area contributed by atoms with Gasteiger partial charge in [0.05, 0.1) is 11.6 Å². The van der Waals surface area contributed by atoms with E-state index in [-0.39, 0.29) is 5.82 Å². The van der Waals surface area contributed by atoms with Gasteiger partial charge in [-0.1, -0.05) is 18.0 Å². The molecule has 0 atom stereocenters. The maximum Gasteiger partial charge on any atom is 0.128 e. The molecule has 80 valence electrons. The van der Waals surface area contributed by atoms with Crippen LogP contribution in [0.3, 0.4) is 0 Å². The van der Waals surface area contributed by atoms with Gasteiger partial charge in [-0.05, 0) is 31.5 Å². The number of halogens is 1. The van der Waals surface area contributed by atoms with Gasteiger partial charge in [0.25, 0.3) is 0 Å². The van der Waals surface area contributed by atoms with Crippen molar-refractivity contribution in [3.05, 3.63) is 35.1 Å². The van der Waals surface area contributed by atoms with Gasteiger partial charge in [-0.2, -0.15) is 5.26 Å². The zero-order valence-corrected chi connectivity index (χ0v) is 9.57. The molecule has 2 nitrogen and oxygen atoms in total. The SMILES string of the molecule is CC(C)NSCc1ccc(C#N)cc1F. The first-order valence-corrected chi connectivity index (χ1v) is 5.68. The summed E-state index contributed by atoms with van der Waals surface area (Å²) < 4.78 is 16.5. The molecule has 0 spiro atoms. The van der Waals surface area contributed by atoms with E-state index in [1.54, 1.807) is 12.1 Å². The Balaban J connectivity index is 2.59. The summed E-state index contributed by atoms with van der Waals surface area (Å²) in [6.45, 7) is 4.06. The first-order chi connectivity index (χ1) is 7.13. The largest absolute Gasteiger partial charge is 0.261 e. The Bertz CT molecular complexity index is 371. The van der Waals surface area contributed by atoms with E-state index in [9.17, 15) is 4.39 Å². The summed E-state index contributed by atoms with van der Waals surface area (Å²) in [7, 11) is 0. The van der Waals surface area contributed by atoms with Crippen LogP contribution in [0.5, 0.6) is 0 Å². The second kappa shape index (κ2) is 5.74. The summed E-state index contributed by atoms with van der Waals surface area (Å²) in [5.41, 5.74) is 0.977. The molecular formula is C11H13FN2S. The summed E-state index contributed by atoms with van der Waals surface area (Å²) in [6.07, 6.45) is 0. The van der Waals surface area contributed by atoms with Crippen LogP contribution in [0, 0.1) is 17.1 Å². The second-order valence-electron chi connectivity index (χ2n) is 3.48. The van der Waals surface area contributed by atoms with Crippen molar-refractivity contribution in [1.82, 2.24) is 4.72 Å². The van der Waals surface area contributed by atoms with Gasteiger partial charge < -0.3 is 0 Å². The minimum Gasteiger partial charge on any atom is -0.261 e. The zero-order chi connectivity index (χ0) is 11.3. The van der Waals surface area contributed by atoms with E-state index in [0.717, 1.165) is 0 Å². The number of nitrogens with one attached hydrogen (secondary N) is 1. The first kappa shape index (κ1) is 12.0. The van der Waals surface area contributed by atoms with Crippen LogP contribution in [0.15, 0.2) is 18.2 Å². The van der Waals surface area contributed by atoms with Crippen LogP contribution in [0.4, 0.5) is 4.39 Å². The molecule has 0 aliphatic rings. The van der Waals surface area contributed by atoms with Crippen LogP contribution in [0.25, 0.3) is 0 Å². The first-order valence-electron chi connectivity index (χ1n) is 4.69. The van der Waals surface area contributed by atoms with Crippen molar-refractivity contribution in [3.8, 4) is 6.07 Å². The lowest BCUT2D eigenvalue weighted by Crippen LogP contribution is -2.14. The lowest BCUT2D eigenvalue weighted by Gasteiger charge is -2.07. The van der Waals surface area contributed by atoms with E-state index in [0.29, 0.717) is 22.9 Å². The minimum atomic E-state index is -0.313. The monoisotopic (exact) mass is 224 g/mol. The van der Waals surface area contributed by atoms with Crippen molar-refractivity contribution >= 4 is 11.9 Å². The highest BCUT2D eigenvalue weighted by molar-refractivity contribution is 7.96. The zero-order valence-electron chi connectivity index (χ0n) is 8.75. The molecule has 0 unspecified atom stereocenters. The maximum absolute atomic E-state index is 13.4. The Labute approximate surface area is 93.6 Å². The Kier molecular flexibility index (Phi) is 4.60. The number of rotatable bonds is 4. The van der Waals surface area contributed by atoms with Crippen LogP contribution in [-0.2, 0) is 5.75 Å². The Hall–Kier alpha value is -1.05. The van der Waals surface area contributed by atoms with E-state index in [1.165, 1.54) is 18.0 Å². The quantitative estimate of drug-likeness (QED) is 0.799. The van der Waals surface area contributed by atoms with Gasteiger partial charge >= 0.3 is 0 Å². The molecular weight excluding hydrogens is 211 g/mol. The highest BCUT2D eigenvalue weighted by Crippen LogP contribution is 2.15. The van der Waals surface area contributed by atoms with Gasteiger partial charge in [0.2, 0.25) is 0 Å². The summed E-state index contributed by atoms with van der Waals surface area (Å²) in [6, 6.07) is 6.84. The van der Waals surface area contributed by atoms with Crippen molar-refractivity contribution in [2.75, 3.05) is 0 Å². The molecule has 0 aliphatic carbocycles. The summed E-state index contributed by atoms with van der Waals surface area (Å²) >= 11 is 1.47. The third-order valence-corrected chi connectivity index (χ3v) is 2.82. The molecule has 0 aliphatic heterocycles. The van der Waals surface area contributed by atoms with Gasteiger partial charge in [-0.15, -0.1) is 0 Å². The normalized spacial score (nSPS) is 10.3. The summed E-state index contributed by atoms with van der Waals surface area (Å²) in [5, 5.41) is 8.57. The third-order valence-electron chi connectivity index (χ3n) is 1.73. The van der Waals surface area contributed by atoms with Crippen molar-refractivity contribution in [2.45, 2.75) is 25.6 Å². The van der Waals surface area contributed by atoms with Crippen molar-refractivity contribution in [2.24, 2.45) is 0 Å². The number of hydrogen-bond donors (Lipinski definition) is 1. The van der Waals surface area contributed by atoms with Gasteiger partial charge in [-0.3, -0.25) is 4.72 Å². The van der Waals surface area contributed by atoms with Crippen LogP contribution >= 0.6 is 11.9 Å². The molecule has 0 aromatic heterocycles. The average Bonchev–Trinajstić information content (AvgIpc) is 2.20. The molecule has 0 fully saturated rings. The van der Waals surface area contributed by atoms with E-state index >= 15 is 0 Å². The Morgan fingerprint density at radius 1 is 1.53 bits per heavy atom. The minimum absolute atomic E-state index is 0.313. The predicted molar refractivity (Wildman–Crippen MR) is 60.7 cm³/mol. The third kappa shape index (κ3) is 3.90. The Morgan fingerprint density at radius 3 is 2.80 bits per heavy atom. The van der Waals surface area contributed by atoms with Gasteiger partial charge in [0.15, 0.2) is 0 Å². The molecule has 1 aromatic rings. The number of hydrogen-bond acceptors (Lipinski definition) is 3. The van der Waals surface area contributed by atoms with Crippen molar-refractivity contribution in [3.63, 3.8) is 0 Å². The lowest BCUT2D eigenvalue weighted by molar-refractivity contribution is 0.616. The van der Waals surface area contributed by atoms with Crippen LogP contribution < -0.4 is 4.72 Å². The van der Waals surface area contributed by atoms with E-state index in [4.69, 9.17) is 5.26 Å². The van der Waals surface area contributed by atoms with E-state index in [1.807, 2.05) is 19.9 Å². The van der Waals surface area contributed by atoms with Gasteiger partial charge in [-0.25, -0.2) is 4.39 Å². The fraction of sp³-hybridized carbons (Fsp3) is 0.364. The molecule has 15 heavy (non-hydrogen) atoms. The fourth-order valence-corrected chi connectivity index (χ4v) is 1.83. The maximum atomic E-state index is 13.4.